The summed E-state index contributed by atoms with van der Waals surface area (Å²) in [7, 11) is 0. The highest BCUT2D eigenvalue weighted by Gasteiger charge is 2.14. The number of aryl methyl sites for hydroxylation is 2. The molecule has 0 spiro atoms. The average molecular weight is 408 g/mol. The molecule has 0 saturated carbocycles. The lowest BCUT2D eigenvalue weighted by molar-refractivity contribution is 0.677. The van der Waals surface area contributed by atoms with E-state index in [1.54, 1.807) is 32.8 Å². The second kappa shape index (κ2) is 6.85. The molecule has 0 saturated heterocycles. The first-order valence-electron chi connectivity index (χ1n) is 8.72. The van der Waals surface area contributed by atoms with E-state index < -0.39 is 0 Å². The molecule has 0 N–H and O–H groups in total. The summed E-state index contributed by atoms with van der Waals surface area (Å²) in [5.41, 5.74) is 3.18. The van der Waals surface area contributed by atoms with Crippen LogP contribution in [0.15, 0.2) is 65.0 Å². The molecule has 0 aliphatic heterocycles. The summed E-state index contributed by atoms with van der Waals surface area (Å²) in [6.45, 7) is 0.601. The monoisotopic (exact) mass is 407 g/mol. The zero-order chi connectivity index (χ0) is 19.1. The number of thiophene rings is 1. The van der Waals surface area contributed by atoms with E-state index in [2.05, 4.69) is 21.4 Å². The molecule has 0 unspecified atom stereocenters. The van der Waals surface area contributed by atoms with Gasteiger partial charge >= 0.3 is 0 Å². The van der Waals surface area contributed by atoms with E-state index in [1.807, 2.05) is 41.8 Å². The molecule has 8 heteroatoms. The van der Waals surface area contributed by atoms with Crippen LogP contribution in [-0.2, 0) is 13.0 Å². The van der Waals surface area contributed by atoms with Gasteiger partial charge < -0.3 is 4.57 Å². The minimum absolute atomic E-state index is 0.160. The number of hydrogen-bond donors (Lipinski definition) is 0. The van der Waals surface area contributed by atoms with Crippen molar-refractivity contribution in [1.29, 1.82) is 0 Å². The largest absolute Gasteiger partial charge is 0.313 e. The Morgan fingerprint density at radius 2 is 1.93 bits per heavy atom. The van der Waals surface area contributed by atoms with Crippen molar-refractivity contribution in [3.8, 4) is 11.1 Å². The van der Waals surface area contributed by atoms with E-state index in [1.165, 1.54) is 4.88 Å². The van der Waals surface area contributed by atoms with Crippen molar-refractivity contribution in [2.45, 2.75) is 13.0 Å². The Bertz CT molecular complexity index is 1340. The summed E-state index contributed by atoms with van der Waals surface area (Å²) in [6.07, 6.45) is 4.33. The first kappa shape index (κ1) is 17.1. The summed E-state index contributed by atoms with van der Waals surface area (Å²) in [6, 6.07) is 13.4. The van der Waals surface area contributed by atoms with Crippen LogP contribution in [0.3, 0.4) is 0 Å². The van der Waals surface area contributed by atoms with Gasteiger partial charge in [-0.15, -0.1) is 21.5 Å². The van der Waals surface area contributed by atoms with Gasteiger partial charge in [0.05, 0.1) is 6.20 Å². The topological polar surface area (TPSA) is 65.1 Å². The Kier molecular flexibility index (Phi) is 4.18. The van der Waals surface area contributed by atoms with Gasteiger partial charge in [0.2, 0.25) is 0 Å². The van der Waals surface area contributed by atoms with Crippen molar-refractivity contribution < 1.29 is 0 Å². The van der Waals surface area contributed by atoms with Crippen LogP contribution in [0.5, 0.6) is 0 Å². The molecule has 0 fully saturated rings. The maximum absolute atomic E-state index is 12.9. The number of hydrogen-bond acceptors (Lipinski definition) is 5. The van der Waals surface area contributed by atoms with Crippen LogP contribution in [0.25, 0.3) is 27.8 Å². The third kappa shape index (κ3) is 2.89. The van der Waals surface area contributed by atoms with Crippen LogP contribution >= 0.6 is 22.9 Å². The molecule has 0 amide bonds. The maximum atomic E-state index is 12.9. The SMILES string of the molecule is O=c1c2nnc3c(-c4ccc(Cl)cc4)cnn3c2ccn1CCc1cccs1. The third-order valence-corrected chi connectivity index (χ3v) is 5.86. The highest BCUT2D eigenvalue weighted by Crippen LogP contribution is 2.25. The van der Waals surface area contributed by atoms with E-state index >= 15 is 0 Å². The zero-order valence-corrected chi connectivity index (χ0v) is 16.2. The van der Waals surface area contributed by atoms with E-state index in [-0.39, 0.29) is 5.56 Å². The van der Waals surface area contributed by atoms with E-state index in [0.717, 1.165) is 17.5 Å². The van der Waals surface area contributed by atoms with Crippen molar-refractivity contribution in [2.24, 2.45) is 0 Å². The van der Waals surface area contributed by atoms with Gasteiger partial charge in [-0.1, -0.05) is 29.8 Å². The van der Waals surface area contributed by atoms with Crippen LogP contribution in [0, 0.1) is 0 Å². The van der Waals surface area contributed by atoms with E-state index in [9.17, 15) is 4.79 Å². The zero-order valence-electron chi connectivity index (χ0n) is 14.6. The quantitative estimate of drug-likeness (QED) is 0.450. The fourth-order valence-electron chi connectivity index (χ4n) is 3.22. The van der Waals surface area contributed by atoms with Gasteiger partial charge in [0.1, 0.15) is 5.52 Å². The predicted octanol–water partition coefficient (Wildman–Crippen LogP) is 4.06. The fourth-order valence-corrected chi connectivity index (χ4v) is 4.05. The van der Waals surface area contributed by atoms with Gasteiger partial charge in [-0.2, -0.15) is 5.10 Å². The molecule has 5 rings (SSSR count). The van der Waals surface area contributed by atoms with E-state index in [4.69, 9.17) is 11.6 Å². The lowest BCUT2D eigenvalue weighted by atomic mass is 10.1. The summed E-state index contributed by atoms with van der Waals surface area (Å²) in [4.78, 5) is 14.1. The average Bonchev–Trinajstić information content (AvgIpc) is 3.38. The summed E-state index contributed by atoms with van der Waals surface area (Å²) >= 11 is 7.66. The van der Waals surface area contributed by atoms with Crippen molar-refractivity contribution in [2.75, 3.05) is 0 Å². The molecule has 138 valence electrons. The number of nitrogens with zero attached hydrogens (tertiary/aromatic N) is 5. The van der Waals surface area contributed by atoms with Crippen molar-refractivity contribution in [3.63, 3.8) is 0 Å². The van der Waals surface area contributed by atoms with Crippen LogP contribution in [0.1, 0.15) is 4.88 Å². The molecule has 0 aliphatic rings. The van der Waals surface area contributed by atoms with Gasteiger partial charge in [-0.25, -0.2) is 4.52 Å². The van der Waals surface area contributed by atoms with Gasteiger partial charge in [0.25, 0.3) is 5.56 Å². The molecule has 4 aromatic heterocycles. The fraction of sp³-hybridized carbons (Fsp3) is 0.100. The molecule has 0 bridgehead atoms. The minimum Gasteiger partial charge on any atom is -0.313 e. The second-order valence-corrected chi connectivity index (χ2v) is 7.85. The molecule has 4 heterocycles. The number of halogens is 1. The van der Waals surface area contributed by atoms with Gasteiger partial charge in [0.15, 0.2) is 11.2 Å². The minimum atomic E-state index is -0.160. The lowest BCUT2D eigenvalue weighted by Crippen LogP contribution is -2.22. The lowest BCUT2D eigenvalue weighted by Gasteiger charge is -2.07. The Hall–Kier alpha value is -3.03. The molecule has 0 radical (unpaired) electrons. The molecular formula is C20H14ClN5OS. The van der Waals surface area contributed by atoms with Crippen molar-refractivity contribution in [1.82, 2.24) is 24.4 Å². The number of fused-ring (bicyclic) bond motifs is 3. The standard InChI is InChI=1S/C20H14ClN5OS/c21-14-5-3-13(4-6-14)16-12-22-26-17-8-10-25(9-7-15-2-1-11-28-15)20(27)18(17)23-24-19(16)26/h1-6,8,10-12H,7,9H2. The van der Waals surface area contributed by atoms with E-state index in [0.29, 0.717) is 28.2 Å². The van der Waals surface area contributed by atoms with Crippen LogP contribution in [0.4, 0.5) is 0 Å². The number of benzene rings is 1. The first-order chi connectivity index (χ1) is 13.7. The van der Waals surface area contributed by atoms with Gasteiger partial charge in [-0.05, 0) is 41.6 Å². The van der Waals surface area contributed by atoms with Crippen LogP contribution in [0.2, 0.25) is 5.02 Å². The number of rotatable bonds is 4. The molecule has 0 atom stereocenters. The van der Waals surface area contributed by atoms with Gasteiger partial charge in [0, 0.05) is 28.2 Å². The second-order valence-electron chi connectivity index (χ2n) is 6.38. The molecular weight excluding hydrogens is 394 g/mol. The highest BCUT2D eigenvalue weighted by atomic mass is 35.5. The molecule has 28 heavy (non-hydrogen) atoms. The first-order valence-corrected chi connectivity index (χ1v) is 9.98. The number of aromatic nitrogens is 5. The summed E-state index contributed by atoms with van der Waals surface area (Å²) < 4.78 is 3.34. The van der Waals surface area contributed by atoms with Crippen molar-refractivity contribution in [3.05, 3.63) is 80.5 Å². The Labute approximate surface area is 168 Å². The van der Waals surface area contributed by atoms with Crippen LogP contribution in [-0.4, -0.2) is 24.4 Å². The van der Waals surface area contributed by atoms with Gasteiger partial charge in [-0.3, -0.25) is 4.79 Å². The maximum Gasteiger partial charge on any atom is 0.280 e. The third-order valence-electron chi connectivity index (χ3n) is 4.67. The molecule has 6 nitrogen and oxygen atoms in total. The Morgan fingerprint density at radius 1 is 1.07 bits per heavy atom. The smallest absolute Gasteiger partial charge is 0.280 e. The summed E-state index contributed by atoms with van der Waals surface area (Å²) in [5.74, 6) is 0. The van der Waals surface area contributed by atoms with Crippen LogP contribution < -0.4 is 5.56 Å². The molecule has 1 aromatic carbocycles. The van der Waals surface area contributed by atoms with Crippen molar-refractivity contribution >= 4 is 39.6 Å². The highest BCUT2D eigenvalue weighted by molar-refractivity contribution is 7.09. The Balaban J connectivity index is 1.58. The Morgan fingerprint density at radius 3 is 2.71 bits per heavy atom. The molecule has 0 aliphatic carbocycles. The predicted molar refractivity (Wildman–Crippen MR) is 111 cm³/mol. The number of pyridine rings is 1. The summed E-state index contributed by atoms with van der Waals surface area (Å²) in [5, 5.41) is 15.7. The molecule has 5 aromatic rings. The normalized spacial score (nSPS) is 11.5.